The van der Waals surface area contributed by atoms with Crippen LogP contribution in [0.1, 0.15) is 17.5 Å². The molecular formula is C19H18N2O5. The molecule has 0 aliphatic heterocycles. The summed E-state index contributed by atoms with van der Waals surface area (Å²) in [6, 6.07) is 13.3. The van der Waals surface area contributed by atoms with E-state index in [-0.39, 0.29) is 12.2 Å². The van der Waals surface area contributed by atoms with Crippen molar-refractivity contribution in [2.24, 2.45) is 0 Å². The summed E-state index contributed by atoms with van der Waals surface area (Å²) in [6.45, 7) is -0.413. The van der Waals surface area contributed by atoms with Gasteiger partial charge >= 0.3 is 5.97 Å². The highest BCUT2D eigenvalue weighted by molar-refractivity contribution is 5.92. The predicted molar refractivity (Wildman–Crippen MR) is 93.7 cm³/mol. The lowest BCUT2D eigenvalue weighted by Gasteiger charge is -2.08. The molecule has 0 aromatic heterocycles. The smallest absolute Gasteiger partial charge is 0.306 e. The fourth-order valence-corrected chi connectivity index (χ4v) is 2.22. The van der Waals surface area contributed by atoms with Gasteiger partial charge in [0, 0.05) is 12.1 Å². The fourth-order valence-electron chi connectivity index (χ4n) is 2.22. The number of anilines is 1. The van der Waals surface area contributed by atoms with Crippen LogP contribution in [0, 0.1) is 11.3 Å². The highest BCUT2D eigenvalue weighted by Crippen LogP contribution is 2.26. The monoisotopic (exact) mass is 354 g/mol. The molecule has 134 valence electrons. The zero-order chi connectivity index (χ0) is 18.9. The van der Waals surface area contributed by atoms with E-state index in [1.165, 1.54) is 19.2 Å². The maximum Gasteiger partial charge on any atom is 0.306 e. The molecule has 0 saturated heterocycles. The van der Waals surface area contributed by atoms with E-state index in [1.54, 1.807) is 30.3 Å². The van der Waals surface area contributed by atoms with E-state index in [4.69, 9.17) is 14.7 Å². The Morgan fingerprint density at radius 3 is 2.73 bits per heavy atom. The first-order chi connectivity index (χ1) is 12.5. The fraction of sp³-hybridized carbons (Fsp3) is 0.211. The number of esters is 1. The number of hydrogen-bond donors (Lipinski definition) is 2. The maximum absolute atomic E-state index is 11.8. The number of nitrogens with one attached hydrogen (secondary N) is 1. The van der Waals surface area contributed by atoms with Gasteiger partial charge in [-0.1, -0.05) is 12.1 Å². The number of phenolic OH excluding ortho intramolecular Hbond substituents is 1. The summed E-state index contributed by atoms with van der Waals surface area (Å²) in [5.41, 5.74) is 1.62. The van der Waals surface area contributed by atoms with E-state index in [0.29, 0.717) is 23.4 Å². The molecule has 0 radical (unpaired) electrons. The number of nitriles is 1. The van der Waals surface area contributed by atoms with Crippen molar-refractivity contribution >= 4 is 17.6 Å². The number of aromatic hydroxyl groups is 1. The van der Waals surface area contributed by atoms with Crippen LogP contribution < -0.4 is 10.1 Å². The number of ether oxygens (including phenoxy) is 2. The molecule has 0 fully saturated rings. The van der Waals surface area contributed by atoms with Gasteiger partial charge in [-0.3, -0.25) is 9.59 Å². The second kappa shape index (κ2) is 9.08. The summed E-state index contributed by atoms with van der Waals surface area (Å²) < 4.78 is 9.88. The highest BCUT2D eigenvalue weighted by atomic mass is 16.5. The number of hydrogen-bond acceptors (Lipinski definition) is 6. The minimum atomic E-state index is -0.527. The molecule has 0 atom stereocenters. The van der Waals surface area contributed by atoms with Crippen molar-refractivity contribution in [2.75, 3.05) is 19.0 Å². The van der Waals surface area contributed by atoms with Crippen molar-refractivity contribution in [1.29, 1.82) is 5.26 Å². The molecule has 7 nitrogen and oxygen atoms in total. The number of benzene rings is 2. The number of rotatable bonds is 7. The lowest BCUT2D eigenvalue weighted by Crippen LogP contribution is -2.21. The van der Waals surface area contributed by atoms with Gasteiger partial charge in [0.2, 0.25) is 0 Å². The van der Waals surface area contributed by atoms with Crippen LogP contribution in [-0.2, 0) is 20.7 Å². The minimum absolute atomic E-state index is 0.00246. The number of methoxy groups -OCH3 is 1. The van der Waals surface area contributed by atoms with Gasteiger partial charge in [-0.2, -0.15) is 5.26 Å². The maximum atomic E-state index is 11.8. The minimum Gasteiger partial charge on any atom is -0.504 e. The summed E-state index contributed by atoms with van der Waals surface area (Å²) in [4.78, 5) is 23.5. The predicted octanol–water partition coefficient (Wildman–Crippen LogP) is 2.39. The van der Waals surface area contributed by atoms with Crippen LogP contribution in [0.15, 0.2) is 42.5 Å². The van der Waals surface area contributed by atoms with Gasteiger partial charge in [0.05, 0.1) is 18.7 Å². The third-order valence-corrected chi connectivity index (χ3v) is 3.50. The van der Waals surface area contributed by atoms with Crippen molar-refractivity contribution in [1.82, 2.24) is 0 Å². The van der Waals surface area contributed by atoms with Crippen LogP contribution in [0.5, 0.6) is 11.5 Å². The molecule has 0 aliphatic carbocycles. The Morgan fingerprint density at radius 1 is 1.23 bits per heavy atom. The van der Waals surface area contributed by atoms with Gasteiger partial charge in [-0.15, -0.1) is 0 Å². The van der Waals surface area contributed by atoms with Gasteiger partial charge in [0.25, 0.3) is 5.91 Å². The normalized spacial score (nSPS) is 9.85. The molecule has 0 unspecified atom stereocenters. The number of aryl methyl sites for hydroxylation is 1. The highest BCUT2D eigenvalue weighted by Gasteiger charge is 2.10. The van der Waals surface area contributed by atoms with Crippen molar-refractivity contribution in [2.45, 2.75) is 12.8 Å². The van der Waals surface area contributed by atoms with Gasteiger partial charge in [0.15, 0.2) is 18.1 Å². The summed E-state index contributed by atoms with van der Waals surface area (Å²) in [5, 5.41) is 21.1. The Labute approximate surface area is 150 Å². The molecule has 0 aliphatic rings. The van der Waals surface area contributed by atoms with Crippen LogP contribution in [-0.4, -0.2) is 30.7 Å². The van der Waals surface area contributed by atoms with Crippen molar-refractivity contribution in [3.8, 4) is 17.6 Å². The lowest BCUT2D eigenvalue weighted by atomic mass is 10.1. The first kappa shape index (κ1) is 18.8. The molecule has 26 heavy (non-hydrogen) atoms. The number of phenols is 1. The van der Waals surface area contributed by atoms with Crippen LogP contribution in [0.4, 0.5) is 5.69 Å². The van der Waals surface area contributed by atoms with Gasteiger partial charge in [-0.05, 0) is 42.3 Å². The molecule has 2 aromatic carbocycles. The largest absolute Gasteiger partial charge is 0.504 e. The number of carbonyl (C=O) groups excluding carboxylic acids is 2. The summed E-state index contributed by atoms with van der Waals surface area (Å²) in [7, 11) is 1.45. The van der Waals surface area contributed by atoms with E-state index in [9.17, 15) is 14.7 Å². The molecule has 1 amide bonds. The molecule has 2 N–H and O–H groups in total. The first-order valence-corrected chi connectivity index (χ1v) is 7.83. The van der Waals surface area contributed by atoms with E-state index < -0.39 is 18.5 Å². The molecule has 0 spiro atoms. The molecule has 0 heterocycles. The van der Waals surface area contributed by atoms with Gasteiger partial charge in [-0.25, -0.2) is 0 Å². The molecule has 0 saturated carbocycles. The van der Waals surface area contributed by atoms with Gasteiger partial charge in [0.1, 0.15) is 0 Å². The molecule has 0 bridgehead atoms. The Kier molecular flexibility index (Phi) is 6.57. The zero-order valence-corrected chi connectivity index (χ0v) is 14.2. The van der Waals surface area contributed by atoms with Crippen molar-refractivity contribution in [3.05, 3.63) is 53.6 Å². The van der Waals surface area contributed by atoms with Crippen molar-refractivity contribution < 1.29 is 24.2 Å². The van der Waals surface area contributed by atoms with Crippen LogP contribution in [0.2, 0.25) is 0 Å². The molecule has 2 aromatic rings. The Hall–Kier alpha value is -3.53. The third-order valence-electron chi connectivity index (χ3n) is 3.50. The molecule has 7 heteroatoms. The topological polar surface area (TPSA) is 109 Å². The zero-order valence-electron chi connectivity index (χ0n) is 14.2. The summed E-state index contributed by atoms with van der Waals surface area (Å²) in [6.07, 6.45) is 0.436. The van der Waals surface area contributed by atoms with E-state index >= 15 is 0 Å². The standard InChI is InChI=1S/C19H18N2O5/c1-25-17-7-5-13(10-16(17)22)6-8-19(24)26-12-18(23)21-15-4-2-3-14(9-15)11-20/h2-5,7,9-10,22H,6,8,12H2,1H3,(H,21,23). The van der Waals surface area contributed by atoms with Crippen molar-refractivity contribution in [3.63, 3.8) is 0 Å². The molecular weight excluding hydrogens is 336 g/mol. The Morgan fingerprint density at radius 2 is 2.04 bits per heavy atom. The second-order valence-electron chi connectivity index (χ2n) is 5.41. The van der Waals surface area contributed by atoms with Gasteiger partial charge < -0.3 is 19.9 Å². The van der Waals surface area contributed by atoms with Crippen LogP contribution in [0.25, 0.3) is 0 Å². The van der Waals surface area contributed by atoms with E-state index in [1.807, 2.05) is 6.07 Å². The quantitative estimate of drug-likeness (QED) is 0.739. The SMILES string of the molecule is COc1ccc(CCC(=O)OCC(=O)Nc2cccc(C#N)c2)cc1O. The van der Waals surface area contributed by atoms with Crippen LogP contribution >= 0.6 is 0 Å². The Bertz CT molecular complexity index is 842. The Balaban J connectivity index is 1.76. The average molecular weight is 354 g/mol. The lowest BCUT2D eigenvalue weighted by molar-refractivity contribution is -0.147. The average Bonchev–Trinajstić information content (AvgIpc) is 2.65. The first-order valence-electron chi connectivity index (χ1n) is 7.83. The second-order valence-corrected chi connectivity index (χ2v) is 5.41. The van der Waals surface area contributed by atoms with E-state index in [2.05, 4.69) is 5.32 Å². The summed E-state index contributed by atoms with van der Waals surface area (Å²) >= 11 is 0. The third kappa shape index (κ3) is 5.53. The number of nitrogens with zero attached hydrogens (tertiary/aromatic N) is 1. The van der Waals surface area contributed by atoms with Crippen LogP contribution in [0.3, 0.4) is 0 Å². The molecule has 2 rings (SSSR count). The number of amides is 1. The van der Waals surface area contributed by atoms with E-state index in [0.717, 1.165) is 5.56 Å². The summed E-state index contributed by atoms with van der Waals surface area (Å²) in [5.74, 6) is -0.664. The number of carbonyl (C=O) groups is 2.